The Morgan fingerprint density at radius 3 is 2.57 bits per heavy atom. The molecule has 1 aromatic rings. The molecule has 2 rings (SSSR count). The minimum absolute atomic E-state index is 0.0482. The fourth-order valence-electron chi connectivity index (χ4n) is 3.83. The predicted octanol–water partition coefficient (Wildman–Crippen LogP) is 2.77. The zero-order chi connectivity index (χ0) is 20.4. The number of para-hydroxylation sites is 1. The summed E-state index contributed by atoms with van der Waals surface area (Å²) in [4.78, 5) is 10.5. The average Bonchev–Trinajstić information content (AvgIpc) is 2.94. The summed E-state index contributed by atoms with van der Waals surface area (Å²) >= 11 is 0. The lowest BCUT2D eigenvalue weighted by molar-refractivity contribution is -0.137. The second-order valence-electron chi connectivity index (χ2n) is 7.55. The predicted molar refractivity (Wildman–Crippen MR) is 106 cm³/mol. The maximum Gasteiger partial charge on any atom is 0.303 e. The molecule has 6 heteroatoms. The number of rotatable bonds is 12. The van der Waals surface area contributed by atoms with Crippen LogP contribution in [0.4, 0.5) is 0 Å². The van der Waals surface area contributed by atoms with E-state index in [1.807, 2.05) is 42.5 Å². The quantitative estimate of drug-likeness (QED) is 0.322. The standard InChI is InChI=1S/C22H32O6/c23-16(15-28-17-8-4-3-5-9-17)12-13-19-18(20(24)14-21(19)25)10-6-1-2-7-11-22(26)27/h1,3-6,8-9,16,18-21,23-25H,2,7,10-15H2,(H,26,27)/b6-1-/t16-,18-,19-,20+,21-/m1/s1. The number of aliphatic hydroxyl groups excluding tert-OH is 3. The summed E-state index contributed by atoms with van der Waals surface area (Å²) < 4.78 is 5.56. The van der Waals surface area contributed by atoms with Gasteiger partial charge in [0.2, 0.25) is 0 Å². The van der Waals surface area contributed by atoms with Crippen LogP contribution in [-0.4, -0.2) is 51.3 Å². The van der Waals surface area contributed by atoms with Gasteiger partial charge in [0.25, 0.3) is 0 Å². The summed E-state index contributed by atoms with van der Waals surface area (Å²) in [6.45, 7) is 0.198. The van der Waals surface area contributed by atoms with Gasteiger partial charge in [-0.05, 0) is 62.5 Å². The molecule has 1 aromatic carbocycles. The van der Waals surface area contributed by atoms with E-state index >= 15 is 0 Å². The number of carboxylic acids is 1. The van der Waals surface area contributed by atoms with Gasteiger partial charge in [-0.1, -0.05) is 30.4 Å². The maximum atomic E-state index is 10.5. The molecule has 4 N–H and O–H groups in total. The molecule has 5 atom stereocenters. The van der Waals surface area contributed by atoms with E-state index in [2.05, 4.69) is 0 Å². The maximum absolute atomic E-state index is 10.5. The zero-order valence-electron chi connectivity index (χ0n) is 16.2. The molecule has 0 saturated heterocycles. The van der Waals surface area contributed by atoms with Crippen molar-refractivity contribution in [2.24, 2.45) is 11.8 Å². The van der Waals surface area contributed by atoms with Crippen LogP contribution in [0.1, 0.15) is 44.9 Å². The molecule has 1 aliphatic carbocycles. The number of unbranched alkanes of at least 4 members (excludes halogenated alkanes) is 1. The average molecular weight is 392 g/mol. The summed E-state index contributed by atoms with van der Waals surface area (Å²) in [5, 5.41) is 39.4. The van der Waals surface area contributed by atoms with Gasteiger partial charge in [0.1, 0.15) is 12.4 Å². The normalized spacial score (nSPS) is 25.8. The van der Waals surface area contributed by atoms with Gasteiger partial charge in [-0.25, -0.2) is 0 Å². The molecule has 0 amide bonds. The van der Waals surface area contributed by atoms with Crippen molar-refractivity contribution in [2.45, 2.75) is 63.3 Å². The van der Waals surface area contributed by atoms with Crippen LogP contribution in [0.25, 0.3) is 0 Å². The molecule has 0 aliphatic heterocycles. The SMILES string of the molecule is O=C(O)CCC/C=C\C[C@@H]1[C@@H](CC[C@@H](O)COc2ccccc2)[C@H](O)C[C@@H]1O. The van der Waals surface area contributed by atoms with E-state index in [9.17, 15) is 20.1 Å². The fraction of sp³-hybridized carbons (Fsp3) is 0.591. The van der Waals surface area contributed by atoms with E-state index in [0.717, 1.165) is 0 Å². The van der Waals surface area contributed by atoms with Gasteiger partial charge >= 0.3 is 5.97 Å². The summed E-state index contributed by atoms with van der Waals surface area (Å²) in [5.74, 6) is -0.195. The van der Waals surface area contributed by atoms with Crippen LogP contribution in [0, 0.1) is 11.8 Å². The van der Waals surface area contributed by atoms with E-state index in [0.29, 0.717) is 44.3 Å². The summed E-state index contributed by atoms with van der Waals surface area (Å²) in [7, 11) is 0. The Hall–Kier alpha value is -1.89. The number of aliphatic carboxylic acids is 1. The van der Waals surface area contributed by atoms with Gasteiger partial charge in [0, 0.05) is 6.42 Å². The van der Waals surface area contributed by atoms with Crippen LogP contribution in [-0.2, 0) is 4.79 Å². The fourth-order valence-corrected chi connectivity index (χ4v) is 3.83. The summed E-state index contributed by atoms with van der Waals surface area (Å²) in [6.07, 6.45) is 5.73. The van der Waals surface area contributed by atoms with Gasteiger partial charge in [-0.15, -0.1) is 0 Å². The van der Waals surface area contributed by atoms with Crippen LogP contribution in [0.3, 0.4) is 0 Å². The minimum atomic E-state index is -0.794. The van der Waals surface area contributed by atoms with Crippen molar-refractivity contribution in [3.05, 3.63) is 42.5 Å². The number of hydrogen-bond acceptors (Lipinski definition) is 5. The third kappa shape index (κ3) is 7.62. The number of allylic oxidation sites excluding steroid dienone is 2. The Bertz CT molecular complexity index is 602. The number of ether oxygens (including phenoxy) is 1. The summed E-state index contributed by atoms with van der Waals surface area (Å²) in [6, 6.07) is 9.32. The molecule has 1 saturated carbocycles. The Morgan fingerprint density at radius 2 is 1.86 bits per heavy atom. The van der Waals surface area contributed by atoms with Crippen LogP contribution < -0.4 is 4.74 Å². The number of carboxylic acid groups (broad SMARTS) is 1. The molecule has 1 aliphatic rings. The molecule has 0 heterocycles. The van der Waals surface area contributed by atoms with Gasteiger partial charge in [0.15, 0.2) is 0 Å². The molecular weight excluding hydrogens is 360 g/mol. The van der Waals surface area contributed by atoms with Crippen molar-refractivity contribution < 1.29 is 30.0 Å². The van der Waals surface area contributed by atoms with Crippen molar-refractivity contribution in [1.29, 1.82) is 0 Å². The van der Waals surface area contributed by atoms with Crippen molar-refractivity contribution in [2.75, 3.05) is 6.61 Å². The molecule has 0 unspecified atom stereocenters. The first-order chi connectivity index (χ1) is 13.5. The van der Waals surface area contributed by atoms with E-state index in [4.69, 9.17) is 9.84 Å². The zero-order valence-corrected chi connectivity index (χ0v) is 16.2. The third-order valence-corrected chi connectivity index (χ3v) is 5.38. The number of carbonyl (C=O) groups is 1. The molecule has 156 valence electrons. The number of benzene rings is 1. The highest BCUT2D eigenvalue weighted by atomic mass is 16.5. The van der Waals surface area contributed by atoms with Crippen molar-refractivity contribution in [1.82, 2.24) is 0 Å². The first-order valence-electron chi connectivity index (χ1n) is 10.1. The molecule has 1 fully saturated rings. The third-order valence-electron chi connectivity index (χ3n) is 5.38. The van der Waals surface area contributed by atoms with Crippen LogP contribution in [0.2, 0.25) is 0 Å². The molecule has 0 bridgehead atoms. The molecular formula is C22H32O6. The molecule has 0 radical (unpaired) electrons. The lowest BCUT2D eigenvalue weighted by Crippen LogP contribution is -2.25. The second-order valence-corrected chi connectivity index (χ2v) is 7.55. The monoisotopic (exact) mass is 392 g/mol. The number of aliphatic hydroxyl groups is 3. The number of hydrogen-bond donors (Lipinski definition) is 4. The van der Waals surface area contributed by atoms with Crippen molar-refractivity contribution in [3.8, 4) is 5.75 Å². The van der Waals surface area contributed by atoms with Crippen molar-refractivity contribution >= 4 is 5.97 Å². The van der Waals surface area contributed by atoms with Crippen LogP contribution in [0.15, 0.2) is 42.5 Å². The lowest BCUT2D eigenvalue weighted by atomic mass is 9.86. The molecule has 0 aromatic heterocycles. The molecule has 6 nitrogen and oxygen atoms in total. The van der Waals surface area contributed by atoms with Gasteiger partial charge < -0.3 is 25.2 Å². The van der Waals surface area contributed by atoms with E-state index in [-0.39, 0.29) is 24.9 Å². The first kappa shape index (κ1) is 22.4. The van der Waals surface area contributed by atoms with Gasteiger partial charge in [-0.2, -0.15) is 0 Å². The van der Waals surface area contributed by atoms with Crippen molar-refractivity contribution in [3.63, 3.8) is 0 Å². The van der Waals surface area contributed by atoms with Crippen LogP contribution >= 0.6 is 0 Å². The van der Waals surface area contributed by atoms with E-state index in [1.54, 1.807) is 0 Å². The lowest BCUT2D eigenvalue weighted by Gasteiger charge is -2.23. The summed E-state index contributed by atoms with van der Waals surface area (Å²) in [5.41, 5.74) is 0. The second kappa shape index (κ2) is 11.8. The first-order valence-corrected chi connectivity index (χ1v) is 10.1. The largest absolute Gasteiger partial charge is 0.491 e. The van der Waals surface area contributed by atoms with E-state index in [1.165, 1.54) is 0 Å². The Morgan fingerprint density at radius 1 is 1.14 bits per heavy atom. The van der Waals surface area contributed by atoms with Crippen LogP contribution in [0.5, 0.6) is 5.75 Å². The molecule has 28 heavy (non-hydrogen) atoms. The highest BCUT2D eigenvalue weighted by molar-refractivity contribution is 5.66. The molecule has 0 spiro atoms. The minimum Gasteiger partial charge on any atom is -0.491 e. The Labute approximate surface area is 166 Å². The van der Waals surface area contributed by atoms with E-state index < -0.39 is 24.3 Å². The highest BCUT2D eigenvalue weighted by Crippen LogP contribution is 2.38. The Balaban J connectivity index is 1.74. The smallest absolute Gasteiger partial charge is 0.303 e. The van der Waals surface area contributed by atoms with Gasteiger partial charge in [0.05, 0.1) is 18.3 Å². The highest BCUT2D eigenvalue weighted by Gasteiger charge is 2.40. The van der Waals surface area contributed by atoms with Gasteiger partial charge in [-0.3, -0.25) is 4.79 Å². The topological polar surface area (TPSA) is 107 Å². The Kier molecular flexibility index (Phi) is 9.47.